The molecule has 0 atom stereocenters. The maximum atomic E-state index is 13.6. The summed E-state index contributed by atoms with van der Waals surface area (Å²) in [4.78, 5) is 26.6. The lowest BCUT2D eigenvalue weighted by atomic mass is 10.1. The van der Waals surface area contributed by atoms with Crippen molar-refractivity contribution in [1.29, 1.82) is 0 Å². The summed E-state index contributed by atoms with van der Waals surface area (Å²) in [5, 5.41) is 17.8. The maximum absolute atomic E-state index is 13.6. The van der Waals surface area contributed by atoms with E-state index in [1.807, 2.05) is 0 Å². The quantitative estimate of drug-likeness (QED) is 0.560. The molecule has 3 aromatic rings. The van der Waals surface area contributed by atoms with Crippen LogP contribution in [0.1, 0.15) is 21.5 Å². The number of rotatable bonds is 5. The lowest BCUT2D eigenvalue weighted by Gasteiger charge is -2.08. The van der Waals surface area contributed by atoms with Crippen LogP contribution in [0.25, 0.3) is 5.69 Å². The Morgan fingerprint density at radius 3 is 2.65 bits per heavy atom. The van der Waals surface area contributed by atoms with Gasteiger partial charge < -0.3 is 5.32 Å². The van der Waals surface area contributed by atoms with E-state index >= 15 is 0 Å². The van der Waals surface area contributed by atoms with Gasteiger partial charge in [-0.15, -0.1) is 0 Å². The van der Waals surface area contributed by atoms with Gasteiger partial charge in [0, 0.05) is 12.1 Å². The van der Waals surface area contributed by atoms with E-state index in [-0.39, 0.29) is 17.7 Å². The van der Waals surface area contributed by atoms with E-state index in [9.17, 15) is 19.3 Å². The maximum Gasteiger partial charge on any atom is 0.285 e. The Morgan fingerprint density at radius 2 is 2.04 bits per heavy atom. The number of nitrogens with one attached hydrogen (secondary N) is 1. The van der Waals surface area contributed by atoms with Crippen molar-refractivity contribution in [3.63, 3.8) is 0 Å². The van der Waals surface area contributed by atoms with E-state index in [1.54, 1.807) is 35.3 Å². The number of carbonyl (C=O) groups excluding carboxylic acids is 1. The van der Waals surface area contributed by atoms with Crippen molar-refractivity contribution in [2.45, 2.75) is 13.5 Å². The number of nitro benzene ring substituents is 1. The first-order valence-corrected chi connectivity index (χ1v) is 7.62. The highest BCUT2D eigenvalue weighted by atomic mass is 19.1. The van der Waals surface area contributed by atoms with Crippen LogP contribution in [0.15, 0.2) is 49.1 Å². The number of halogens is 1. The van der Waals surface area contributed by atoms with Crippen LogP contribution < -0.4 is 5.32 Å². The molecular weight excluding hydrogens is 341 g/mol. The Hall–Kier alpha value is -3.62. The third-order valence-corrected chi connectivity index (χ3v) is 3.77. The van der Waals surface area contributed by atoms with Crippen LogP contribution in [0.2, 0.25) is 0 Å². The van der Waals surface area contributed by atoms with Crippen LogP contribution in [0.4, 0.5) is 10.1 Å². The molecule has 0 unspecified atom stereocenters. The lowest BCUT2D eigenvalue weighted by Crippen LogP contribution is -2.24. The first kappa shape index (κ1) is 17.2. The molecule has 0 spiro atoms. The van der Waals surface area contributed by atoms with Crippen LogP contribution in [-0.4, -0.2) is 25.6 Å². The van der Waals surface area contributed by atoms with Crippen molar-refractivity contribution in [1.82, 2.24) is 20.1 Å². The predicted molar refractivity (Wildman–Crippen MR) is 90.3 cm³/mol. The number of hydrogen-bond acceptors (Lipinski definition) is 5. The van der Waals surface area contributed by atoms with Gasteiger partial charge in [-0.05, 0) is 36.8 Å². The van der Waals surface area contributed by atoms with Gasteiger partial charge >= 0.3 is 0 Å². The summed E-state index contributed by atoms with van der Waals surface area (Å²) in [6.07, 6.45) is 2.98. The fourth-order valence-electron chi connectivity index (χ4n) is 2.54. The highest BCUT2D eigenvalue weighted by Crippen LogP contribution is 2.24. The van der Waals surface area contributed by atoms with Crippen LogP contribution in [0.5, 0.6) is 0 Å². The van der Waals surface area contributed by atoms with Gasteiger partial charge in [0.25, 0.3) is 11.6 Å². The van der Waals surface area contributed by atoms with Crippen LogP contribution >= 0.6 is 0 Å². The van der Waals surface area contributed by atoms with Crippen molar-refractivity contribution >= 4 is 11.6 Å². The zero-order valence-corrected chi connectivity index (χ0v) is 13.7. The molecule has 1 heterocycles. The highest BCUT2D eigenvalue weighted by Gasteiger charge is 2.24. The van der Waals surface area contributed by atoms with Gasteiger partial charge in [0.2, 0.25) is 0 Å². The van der Waals surface area contributed by atoms with E-state index in [4.69, 9.17) is 0 Å². The normalized spacial score (nSPS) is 10.5. The SMILES string of the molecule is Cc1cc(F)cc(C(=O)NCc2ccc(-n3cncn3)cc2)c1[N+](=O)[O-]. The molecule has 0 aliphatic heterocycles. The summed E-state index contributed by atoms with van der Waals surface area (Å²) in [5.41, 5.74) is 0.974. The van der Waals surface area contributed by atoms with Gasteiger partial charge in [0.1, 0.15) is 24.0 Å². The number of aryl methyl sites for hydroxylation is 1. The fourth-order valence-corrected chi connectivity index (χ4v) is 2.54. The Labute approximate surface area is 147 Å². The van der Waals surface area contributed by atoms with Crippen molar-refractivity contribution in [2.24, 2.45) is 0 Å². The zero-order chi connectivity index (χ0) is 18.7. The predicted octanol–water partition coefficient (Wildman–Crippen LogP) is 2.55. The summed E-state index contributed by atoms with van der Waals surface area (Å²) in [6, 6.07) is 9.05. The van der Waals surface area contributed by atoms with Crippen LogP contribution in [0.3, 0.4) is 0 Å². The number of hydrogen-bond donors (Lipinski definition) is 1. The van der Waals surface area contributed by atoms with E-state index in [1.165, 1.54) is 13.3 Å². The van der Waals surface area contributed by atoms with Crippen molar-refractivity contribution in [3.05, 3.63) is 81.7 Å². The molecule has 9 heteroatoms. The smallest absolute Gasteiger partial charge is 0.285 e. The molecule has 132 valence electrons. The van der Waals surface area contributed by atoms with Gasteiger partial charge in [-0.1, -0.05) is 12.1 Å². The second kappa shape index (κ2) is 7.09. The molecule has 0 saturated carbocycles. The second-order valence-corrected chi connectivity index (χ2v) is 5.57. The van der Waals surface area contributed by atoms with E-state index in [0.717, 1.165) is 23.4 Å². The molecule has 0 fully saturated rings. The third-order valence-electron chi connectivity index (χ3n) is 3.77. The molecule has 2 aromatic carbocycles. The largest absolute Gasteiger partial charge is 0.348 e. The van der Waals surface area contributed by atoms with Gasteiger partial charge in [-0.2, -0.15) is 5.10 Å². The topological polar surface area (TPSA) is 103 Å². The Kier molecular flexibility index (Phi) is 4.70. The molecule has 8 nitrogen and oxygen atoms in total. The first-order chi connectivity index (χ1) is 12.5. The molecule has 0 aliphatic rings. The highest BCUT2D eigenvalue weighted by molar-refractivity contribution is 5.98. The Bertz CT molecular complexity index is 955. The van der Waals surface area contributed by atoms with Gasteiger partial charge in [-0.3, -0.25) is 14.9 Å². The Balaban J connectivity index is 1.74. The molecule has 1 aromatic heterocycles. The zero-order valence-electron chi connectivity index (χ0n) is 13.7. The molecular formula is C17H14FN5O3. The molecule has 0 saturated heterocycles. The first-order valence-electron chi connectivity index (χ1n) is 7.62. The van der Waals surface area contributed by atoms with Crippen LogP contribution in [0, 0.1) is 22.9 Å². The number of benzene rings is 2. The average Bonchev–Trinajstić information content (AvgIpc) is 3.13. The summed E-state index contributed by atoms with van der Waals surface area (Å²) in [6.45, 7) is 1.53. The van der Waals surface area contributed by atoms with E-state index in [0.29, 0.717) is 0 Å². The van der Waals surface area contributed by atoms with E-state index in [2.05, 4.69) is 15.4 Å². The molecule has 1 amide bonds. The molecule has 26 heavy (non-hydrogen) atoms. The molecule has 0 bridgehead atoms. The number of aromatic nitrogens is 3. The van der Waals surface area contributed by atoms with Crippen molar-refractivity contribution in [3.8, 4) is 5.69 Å². The monoisotopic (exact) mass is 355 g/mol. The Morgan fingerprint density at radius 1 is 1.31 bits per heavy atom. The standard InChI is InChI=1S/C17H14FN5O3/c1-11-6-13(18)7-15(16(11)23(25)26)17(24)20-8-12-2-4-14(5-3-12)22-10-19-9-21-22/h2-7,9-10H,8H2,1H3,(H,20,24). The average molecular weight is 355 g/mol. The summed E-state index contributed by atoms with van der Waals surface area (Å²) < 4.78 is 15.1. The van der Waals surface area contributed by atoms with Crippen molar-refractivity contribution < 1.29 is 14.1 Å². The van der Waals surface area contributed by atoms with E-state index < -0.39 is 22.3 Å². The van der Waals surface area contributed by atoms with Gasteiger partial charge in [-0.25, -0.2) is 14.1 Å². The van der Waals surface area contributed by atoms with Crippen LogP contribution in [-0.2, 0) is 6.54 Å². The second-order valence-electron chi connectivity index (χ2n) is 5.57. The minimum atomic E-state index is -0.709. The minimum Gasteiger partial charge on any atom is -0.348 e. The number of nitro groups is 1. The van der Waals surface area contributed by atoms with Crippen molar-refractivity contribution in [2.75, 3.05) is 0 Å². The number of amides is 1. The number of carbonyl (C=O) groups is 1. The molecule has 1 N–H and O–H groups in total. The molecule has 3 rings (SSSR count). The number of nitrogens with zero attached hydrogens (tertiary/aromatic N) is 4. The third kappa shape index (κ3) is 3.56. The fraction of sp³-hybridized carbons (Fsp3) is 0.118. The summed E-state index contributed by atoms with van der Waals surface area (Å²) in [7, 11) is 0. The lowest BCUT2D eigenvalue weighted by molar-refractivity contribution is -0.385. The van der Waals surface area contributed by atoms with Gasteiger partial charge in [0.15, 0.2) is 0 Å². The summed E-state index contributed by atoms with van der Waals surface area (Å²) in [5.74, 6) is -1.41. The molecule has 0 radical (unpaired) electrons. The molecule has 0 aliphatic carbocycles. The summed E-state index contributed by atoms with van der Waals surface area (Å²) >= 11 is 0. The minimum absolute atomic E-state index is 0.0948. The van der Waals surface area contributed by atoms with Gasteiger partial charge in [0.05, 0.1) is 10.6 Å².